The van der Waals surface area contributed by atoms with E-state index < -0.39 is 0 Å². The number of hydrogen-bond donors (Lipinski definition) is 1. The number of methoxy groups -OCH3 is 2. The Hall–Kier alpha value is -2.79. The lowest BCUT2D eigenvalue weighted by molar-refractivity contribution is 0.242. The van der Waals surface area contributed by atoms with Crippen LogP contribution in [0.2, 0.25) is 0 Å². The highest BCUT2D eigenvalue weighted by molar-refractivity contribution is 5.83. The van der Waals surface area contributed by atoms with Gasteiger partial charge in [-0.05, 0) is 24.1 Å². The maximum absolute atomic E-state index is 13.2. The number of fused-ring (bicyclic) bond motifs is 2. The largest absolute Gasteiger partial charge is 0.493 e. The first kappa shape index (κ1) is 17.6. The van der Waals surface area contributed by atoms with Gasteiger partial charge in [-0.3, -0.25) is 9.69 Å². The molecule has 3 aromatic rings. The molecule has 0 bridgehead atoms. The maximum atomic E-state index is 13.2. The van der Waals surface area contributed by atoms with E-state index in [9.17, 15) is 4.79 Å². The van der Waals surface area contributed by atoms with Crippen LogP contribution in [0.1, 0.15) is 22.4 Å². The molecular formula is C22H24N2O3. The van der Waals surface area contributed by atoms with Gasteiger partial charge in [0.15, 0.2) is 16.9 Å². The van der Waals surface area contributed by atoms with Crippen molar-refractivity contribution in [3.05, 3.63) is 69.0 Å². The number of hydrogen-bond acceptors (Lipinski definition) is 4. The van der Waals surface area contributed by atoms with Gasteiger partial charge >= 0.3 is 0 Å². The summed E-state index contributed by atoms with van der Waals surface area (Å²) in [7, 11) is 3.18. The Morgan fingerprint density at radius 3 is 2.59 bits per heavy atom. The molecule has 5 nitrogen and oxygen atoms in total. The molecule has 0 fully saturated rings. The van der Waals surface area contributed by atoms with Gasteiger partial charge in [0.1, 0.15) is 0 Å². The second kappa shape index (κ2) is 7.08. The normalized spacial score (nSPS) is 14.2. The summed E-state index contributed by atoms with van der Waals surface area (Å²) in [6.07, 6.45) is 0.834. The van der Waals surface area contributed by atoms with Crippen molar-refractivity contribution < 1.29 is 9.47 Å². The zero-order valence-corrected chi connectivity index (χ0v) is 16.0. The van der Waals surface area contributed by atoms with Crippen molar-refractivity contribution >= 4 is 10.9 Å². The number of ether oxygens (including phenoxy) is 2. The smallest absolute Gasteiger partial charge is 0.194 e. The summed E-state index contributed by atoms with van der Waals surface area (Å²) in [6, 6.07) is 12.0. The molecule has 0 atom stereocenters. The van der Waals surface area contributed by atoms with Crippen molar-refractivity contribution in [1.29, 1.82) is 0 Å². The molecule has 2 aromatic carbocycles. The Kier molecular flexibility index (Phi) is 4.62. The number of benzene rings is 2. The predicted octanol–water partition coefficient (Wildman–Crippen LogP) is 3.41. The first-order valence-electron chi connectivity index (χ1n) is 9.17. The van der Waals surface area contributed by atoms with Gasteiger partial charge < -0.3 is 14.5 Å². The van der Waals surface area contributed by atoms with Gasteiger partial charge in [0.05, 0.1) is 19.7 Å². The highest BCUT2D eigenvalue weighted by Crippen LogP contribution is 2.31. The highest BCUT2D eigenvalue weighted by Gasteiger charge is 2.22. The SMILES string of the molecule is COc1cc2[nH]c3c(c(=O)c2cc1OC)CN(Cc1ccccc1C)CC3. The molecule has 0 saturated heterocycles. The van der Waals surface area contributed by atoms with E-state index in [1.807, 2.05) is 6.07 Å². The van der Waals surface area contributed by atoms with Crippen molar-refractivity contribution in [2.24, 2.45) is 0 Å². The fraction of sp³-hybridized carbons (Fsp3) is 0.318. The van der Waals surface area contributed by atoms with Gasteiger partial charge in [-0.25, -0.2) is 0 Å². The molecule has 0 aliphatic carbocycles. The van der Waals surface area contributed by atoms with Crippen LogP contribution in [0, 0.1) is 6.92 Å². The lowest BCUT2D eigenvalue weighted by atomic mass is 10.0. The summed E-state index contributed by atoms with van der Waals surface area (Å²) in [5, 5.41) is 0.643. The van der Waals surface area contributed by atoms with Gasteiger partial charge in [-0.1, -0.05) is 24.3 Å². The fourth-order valence-electron chi connectivity index (χ4n) is 3.82. The number of nitrogens with zero attached hydrogens (tertiary/aromatic N) is 1. The summed E-state index contributed by atoms with van der Waals surface area (Å²) >= 11 is 0. The quantitative estimate of drug-likeness (QED) is 0.771. The average molecular weight is 364 g/mol. The molecule has 2 heterocycles. The molecule has 5 heteroatoms. The summed E-state index contributed by atoms with van der Waals surface area (Å²) in [6.45, 7) is 4.57. The molecule has 27 heavy (non-hydrogen) atoms. The summed E-state index contributed by atoms with van der Waals surface area (Å²) in [5.74, 6) is 1.20. The van der Waals surface area contributed by atoms with E-state index in [0.717, 1.165) is 36.3 Å². The second-order valence-corrected chi connectivity index (χ2v) is 7.05. The van der Waals surface area contributed by atoms with Crippen LogP contribution in [0.15, 0.2) is 41.2 Å². The van der Waals surface area contributed by atoms with Crippen LogP contribution < -0.4 is 14.9 Å². The molecule has 4 rings (SSSR count). The molecule has 0 saturated carbocycles. The molecule has 0 radical (unpaired) electrons. The Balaban J connectivity index is 1.71. The van der Waals surface area contributed by atoms with Crippen LogP contribution in [0.3, 0.4) is 0 Å². The first-order chi connectivity index (χ1) is 13.1. The standard InChI is InChI=1S/C22H24N2O3/c1-14-6-4-5-7-15(14)12-24-9-8-18-17(13-24)22(25)16-10-20(26-2)21(27-3)11-19(16)23-18/h4-7,10-11H,8-9,12-13H2,1-3H3,(H,23,25). The van der Waals surface area contributed by atoms with Gasteiger partial charge in [0.2, 0.25) is 0 Å². The number of nitrogens with one attached hydrogen (secondary N) is 1. The zero-order valence-electron chi connectivity index (χ0n) is 16.0. The Morgan fingerprint density at radius 1 is 1.11 bits per heavy atom. The number of pyridine rings is 1. The number of aromatic amines is 1. The molecule has 140 valence electrons. The van der Waals surface area contributed by atoms with Crippen LogP contribution in [-0.4, -0.2) is 30.6 Å². The Bertz CT molecular complexity index is 1060. The summed E-state index contributed by atoms with van der Waals surface area (Å²) in [4.78, 5) is 19.0. The molecule has 0 unspecified atom stereocenters. The molecule has 0 spiro atoms. The molecule has 0 amide bonds. The molecular weight excluding hydrogens is 340 g/mol. The minimum Gasteiger partial charge on any atom is -0.493 e. The van der Waals surface area contributed by atoms with E-state index in [-0.39, 0.29) is 5.43 Å². The number of H-pyrrole nitrogens is 1. The van der Waals surface area contributed by atoms with Crippen LogP contribution >= 0.6 is 0 Å². The van der Waals surface area contributed by atoms with Crippen molar-refractivity contribution in [2.45, 2.75) is 26.4 Å². The second-order valence-electron chi connectivity index (χ2n) is 7.05. The predicted molar refractivity (Wildman–Crippen MR) is 107 cm³/mol. The van der Waals surface area contributed by atoms with Crippen LogP contribution in [0.5, 0.6) is 11.5 Å². The van der Waals surface area contributed by atoms with E-state index >= 15 is 0 Å². The summed E-state index contributed by atoms with van der Waals surface area (Å²) < 4.78 is 10.7. The van der Waals surface area contributed by atoms with E-state index in [0.29, 0.717) is 23.4 Å². The molecule has 1 aliphatic rings. The third-order valence-corrected chi connectivity index (χ3v) is 5.41. The Morgan fingerprint density at radius 2 is 1.85 bits per heavy atom. The van der Waals surface area contributed by atoms with Gasteiger partial charge in [0.25, 0.3) is 0 Å². The first-order valence-corrected chi connectivity index (χ1v) is 9.17. The minimum absolute atomic E-state index is 0.0780. The lowest BCUT2D eigenvalue weighted by Crippen LogP contribution is -2.34. The topological polar surface area (TPSA) is 54.6 Å². The van der Waals surface area contributed by atoms with E-state index in [4.69, 9.17) is 9.47 Å². The average Bonchev–Trinajstić information content (AvgIpc) is 2.69. The third kappa shape index (κ3) is 3.19. The molecule has 1 N–H and O–H groups in total. The number of rotatable bonds is 4. The van der Waals surface area contributed by atoms with Crippen molar-refractivity contribution in [3.63, 3.8) is 0 Å². The van der Waals surface area contributed by atoms with Crippen LogP contribution in [0.25, 0.3) is 10.9 Å². The van der Waals surface area contributed by atoms with Crippen LogP contribution in [0.4, 0.5) is 0 Å². The maximum Gasteiger partial charge on any atom is 0.194 e. The van der Waals surface area contributed by atoms with Gasteiger partial charge in [-0.15, -0.1) is 0 Å². The van der Waals surface area contributed by atoms with E-state index in [1.165, 1.54) is 11.1 Å². The van der Waals surface area contributed by atoms with Gasteiger partial charge in [0, 0.05) is 48.8 Å². The monoisotopic (exact) mass is 364 g/mol. The van der Waals surface area contributed by atoms with Crippen molar-refractivity contribution in [3.8, 4) is 11.5 Å². The third-order valence-electron chi connectivity index (χ3n) is 5.41. The van der Waals surface area contributed by atoms with Crippen molar-refractivity contribution in [1.82, 2.24) is 9.88 Å². The zero-order chi connectivity index (χ0) is 19.0. The minimum atomic E-state index is 0.0780. The van der Waals surface area contributed by atoms with Crippen molar-refractivity contribution in [2.75, 3.05) is 20.8 Å². The molecule has 1 aromatic heterocycles. The summed E-state index contributed by atoms with van der Waals surface area (Å²) in [5.41, 5.74) is 5.35. The number of aromatic nitrogens is 1. The number of aryl methyl sites for hydroxylation is 1. The van der Waals surface area contributed by atoms with E-state index in [1.54, 1.807) is 20.3 Å². The van der Waals surface area contributed by atoms with Gasteiger partial charge in [-0.2, -0.15) is 0 Å². The lowest BCUT2D eigenvalue weighted by Gasteiger charge is -2.29. The van der Waals surface area contributed by atoms with Crippen LogP contribution in [-0.2, 0) is 19.5 Å². The highest BCUT2D eigenvalue weighted by atomic mass is 16.5. The Labute approximate surface area is 158 Å². The van der Waals surface area contributed by atoms with E-state index in [2.05, 4.69) is 41.1 Å². The fourth-order valence-corrected chi connectivity index (χ4v) is 3.82. The molecule has 1 aliphatic heterocycles.